The third kappa shape index (κ3) is 3.96. The molecule has 0 fully saturated rings. The molecule has 3 N–H and O–H groups in total. The minimum Gasteiger partial charge on any atom is -0.478 e. The maximum Gasteiger partial charge on any atom is 0.335 e. The van der Waals surface area contributed by atoms with E-state index >= 15 is 0 Å². The summed E-state index contributed by atoms with van der Waals surface area (Å²) in [7, 11) is -3.96. The van der Waals surface area contributed by atoms with Crippen LogP contribution in [0, 0.1) is 6.92 Å². The number of sulfonamides is 1. The quantitative estimate of drug-likeness (QED) is 0.583. The Morgan fingerprint density at radius 1 is 1.19 bits per heavy atom. The predicted molar refractivity (Wildman–Crippen MR) is 96.2 cm³/mol. The van der Waals surface area contributed by atoms with Crippen LogP contribution in [0.4, 0.5) is 5.69 Å². The highest BCUT2D eigenvalue weighted by atomic mass is 32.2. The summed E-state index contributed by atoms with van der Waals surface area (Å²) in [5.74, 6) is -1.20. The fourth-order valence-corrected chi connectivity index (χ4v) is 3.74. The van der Waals surface area contributed by atoms with E-state index in [4.69, 9.17) is 10.2 Å². The zero-order chi connectivity index (χ0) is 19.6. The number of benzene rings is 2. The Morgan fingerprint density at radius 3 is 2.48 bits per heavy atom. The second-order valence-corrected chi connectivity index (χ2v) is 7.40. The zero-order valence-corrected chi connectivity index (χ0v) is 15.0. The summed E-state index contributed by atoms with van der Waals surface area (Å²) in [5, 5.41) is 25.7. The number of nitrogens with zero attached hydrogens (tertiary/aromatic N) is 3. The number of hydrogen-bond acceptors (Lipinski definition) is 6. The number of aliphatic hydroxyl groups excluding tert-OH is 1. The van der Waals surface area contributed by atoms with Crippen molar-refractivity contribution in [2.75, 3.05) is 4.72 Å². The number of carbonyl (C=O) groups is 1. The number of carboxylic acid groups (broad SMARTS) is 1. The molecule has 140 valence electrons. The Kier molecular flexibility index (Phi) is 4.93. The molecule has 3 aromatic rings. The van der Waals surface area contributed by atoms with E-state index < -0.39 is 16.0 Å². The van der Waals surface area contributed by atoms with Crippen molar-refractivity contribution in [2.45, 2.75) is 18.4 Å². The molecular formula is C17H16N4O5S. The lowest BCUT2D eigenvalue weighted by molar-refractivity contribution is 0.0696. The molecule has 0 amide bonds. The molecule has 10 heteroatoms. The fraction of sp³-hybridized carbons (Fsp3) is 0.118. The lowest BCUT2D eigenvalue weighted by Gasteiger charge is -2.11. The highest BCUT2D eigenvalue weighted by Crippen LogP contribution is 2.22. The summed E-state index contributed by atoms with van der Waals surface area (Å²) >= 11 is 0. The summed E-state index contributed by atoms with van der Waals surface area (Å²) in [6, 6.07) is 10.3. The first-order valence-corrected chi connectivity index (χ1v) is 9.28. The van der Waals surface area contributed by atoms with Crippen LogP contribution in [0.5, 0.6) is 0 Å². The van der Waals surface area contributed by atoms with E-state index in [9.17, 15) is 13.2 Å². The second-order valence-electron chi connectivity index (χ2n) is 5.75. The highest BCUT2D eigenvalue weighted by molar-refractivity contribution is 7.92. The maximum atomic E-state index is 12.6. The second kappa shape index (κ2) is 7.17. The largest absolute Gasteiger partial charge is 0.478 e. The first-order chi connectivity index (χ1) is 12.8. The molecule has 0 saturated heterocycles. The average molecular weight is 388 g/mol. The van der Waals surface area contributed by atoms with Crippen LogP contribution in [0.1, 0.15) is 21.6 Å². The smallest absolute Gasteiger partial charge is 0.335 e. The molecule has 0 aliphatic carbocycles. The van der Waals surface area contributed by atoms with Crippen molar-refractivity contribution in [3.8, 4) is 5.69 Å². The monoisotopic (exact) mass is 388 g/mol. The third-order valence-electron chi connectivity index (χ3n) is 3.81. The van der Waals surface area contributed by atoms with E-state index in [1.807, 2.05) is 0 Å². The molecule has 27 heavy (non-hydrogen) atoms. The van der Waals surface area contributed by atoms with Crippen LogP contribution in [0.25, 0.3) is 5.69 Å². The summed E-state index contributed by atoms with van der Waals surface area (Å²) in [4.78, 5) is 11.0. The van der Waals surface area contributed by atoms with E-state index in [-0.39, 0.29) is 17.1 Å². The van der Waals surface area contributed by atoms with Crippen LogP contribution < -0.4 is 4.72 Å². The van der Waals surface area contributed by atoms with Crippen molar-refractivity contribution < 1.29 is 23.4 Å². The minimum atomic E-state index is -3.96. The number of aliphatic hydroxyl groups is 1. The van der Waals surface area contributed by atoms with Gasteiger partial charge in [0.2, 0.25) is 0 Å². The molecule has 1 heterocycles. The normalized spacial score (nSPS) is 11.3. The Morgan fingerprint density at radius 2 is 1.89 bits per heavy atom. The van der Waals surface area contributed by atoms with E-state index in [0.29, 0.717) is 22.6 Å². The number of hydrogen-bond donors (Lipinski definition) is 3. The highest BCUT2D eigenvalue weighted by Gasteiger charge is 2.19. The van der Waals surface area contributed by atoms with Crippen LogP contribution in [0.15, 0.2) is 53.6 Å². The molecule has 3 rings (SSSR count). The Labute approximate surface area is 154 Å². The van der Waals surface area contributed by atoms with Crippen LogP contribution in [-0.2, 0) is 16.6 Å². The van der Waals surface area contributed by atoms with Gasteiger partial charge in [0.15, 0.2) is 0 Å². The van der Waals surface area contributed by atoms with Crippen molar-refractivity contribution >= 4 is 21.7 Å². The maximum absolute atomic E-state index is 12.6. The molecule has 0 radical (unpaired) electrons. The summed E-state index contributed by atoms with van der Waals surface area (Å²) in [6.07, 6.45) is 1.56. The van der Waals surface area contributed by atoms with Crippen molar-refractivity contribution in [3.05, 3.63) is 65.5 Å². The molecule has 0 aliphatic rings. The molecule has 0 saturated carbocycles. The van der Waals surface area contributed by atoms with Crippen LogP contribution in [0.2, 0.25) is 0 Å². The van der Waals surface area contributed by atoms with Crippen LogP contribution in [0.3, 0.4) is 0 Å². The van der Waals surface area contributed by atoms with Gasteiger partial charge in [-0.25, -0.2) is 17.9 Å². The Balaban J connectivity index is 1.86. The summed E-state index contributed by atoms with van der Waals surface area (Å²) in [6.45, 7) is 1.36. The Hall–Kier alpha value is -3.24. The van der Waals surface area contributed by atoms with Crippen LogP contribution >= 0.6 is 0 Å². The topological polar surface area (TPSA) is 134 Å². The minimum absolute atomic E-state index is 0.102. The van der Waals surface area contributed by atoms with E-state index in [2.05, 4.69) is 15.0 Å². The van der Waals surface area contributed by atoms with Gasteiger partial charge in [0.1, 0.15) is 5.69 Å². The number of anilines is 1. The van der Waals surface area contributed by atoms with Crippen molar-refractivity contribution in [3.63, 3.8) is 0 Å². The average Bonchev–Trinajstić information content (AvgIpc) is 3.11. The number of aromatic nitrogens is 3. The van der Waals surface area contributed by atoms with Gasteiger partial charge in [-0.15, -0.1) is 5.10 Å². The molecule has 0 aliphatic heterocycles. The molecule has 1 aromatic heterocycles. The van der Waals surface area contributed by atoms with Gasteiger partial charge in [-0.2, -0.15) is 0 Å². The molecule has 9 nitrogen and oxygen atoms in total. The number of nitrogens with one attached hydrogen (secondary N) is 1. The van der Waals surface area contributed by atoms with Gasteiger partial charge in [0, 0.05) is 5.69 Å². The van der Waals surface area contributed by atoms with E-state index in [0.717, 1.165) is 6.07 Å². The van der Waals surface area contributed by atoms with Crippen molar-refractivity contribution in [1.29, 1.82) is 0 Å². The van der Waals surface area contributed by atoms with Gasteiger partial charge < -0.3 is 10.2 Å². The van der Waals surface area contributed by atoms with Gasteiger partial charge in [-0.3, -0.25) is 4.72 Å². The zero-order valence-electron chi connectivity index (χ0n) is 14.2. The predicted octanol–water partition coefficient (Wildman–Crippen LogP) is 1.57. The fourth-order valence-electron chi connectivity index (χ4n) is 2.41. The molecule has 2 aromatic carbocycles. The SMILES string of the molecule is Cc1ccc(C(=O)O)cc1S(=O)(=O)Nc1ccc(-n2cc(CO)nn2)cc1. The van der Waals surface area contributed by atoms with Crippen LogP contribution in [-0.4, -0.2) is 39.6 Å². The Bertz CT molecular complexity index is 1090. The van der Waals surface area contributed by atoms with Gasteiger partial charge in [-0.05, 0) is 48.9 Å². The van der Waals surface area contributed by atoms with Crippen molar-refractivity contribution in [2.24, 2.45) is 0 Å². The summed E-state index contributed by atoms with van der Waals surface area (Å²) in [5.41, 5.74) is 1.68. The van der Waals surface area contributed by atoms with Gasteiger partial charge in [0.25, 0.3) is 10.0 Å². The lowest BCUT2D eigenvalue weighted by atomic mass is 10.1. The lowest BCUT2D eigenvalue weighted by Crippen LogP contribution is -2.15. The third-order valence-corrected chi connectivity index (χ3v) is 5.33. The first-order valence-electron chi connectivity index (χ1n) is 7.79. The van der Waals surface area contributed by atoms with E-state index in [1.165, 1.54) is 16.8 Å². The number of aromatic carboxylic acids is 1. The molecule has 0 atom stereocenters. The summed E-state index contributed by atoms with van der Waals surface area (Å²) < 4.78 is 29.1. The van der Waals surface area contributed by atoms with Gasteiger partial charge in [0.05, 0.1) is 29.0 Å². The first kappa shape index (κ1) is 18.5. The van der Waals surface area contributed by atoms with Crippen molar-refractivity contribution in [1.82, 2.24) is 15.0 Å². The molecule has 0 spiro atoms. The number of aryl methyl sites for hydroxylation is 1. The molecule has 0 bridgehead atoms. The van der Waals surface area contributed by atoms with Gasteiger partial charge >= 0.3 is 5.97 Å². The van der Waals surface area contributed by atoms with Gasteiger partial charge in [-0.1, -0.05) is 11.3 Å². The van der Waals surface area contributed by atoms with E-state index in [1.54, 1.807) is 37.4 Å². The number of carboxylic acids is 1. The number of rotatable bonds is 6. The molecular weight excluding hydrogens is 372 g/mol. The standard InChI is InChI=1S/C17H16N4O5S/c1-11-2-3-12(17(23)24)8-16(11)27(25,26)19-13-4-6-15(7-5-13)21-9-14(10-22)18-20-21/h2-9,19,22H,10H2,1H3,(H,23,24). The molecule has 0 unspecified atom stereocenters.